The molecular weight excluding hydrogens is 533 g/mol. The minimum atomic E-state index is -0.531. The Kier molecular flexibility index (Phi) is 10.7. The van der Waals surface area contributed by atoms with Gasteiger partial charge in [0.15, 0.2) is 5.96 Å². The Morgan fingerprint density at radius 3 is 2.85 bits per heavy atom. The quantitative estimate of drug-likeness (QED) is 0.231. The summed E-state index contributed by atoms with van der Waals surface area (Å²) < 4.78 is 11.3. The zero-order valence-electron chi connectivity index (χ0n) is 20.5. The Morgan fingerprint density at radius 2 is 2.21 bits per heavy atom. The maximum atomic E-state index is 12.8. The largest absolute Gasteiger partial charge is 0.444 e. The third-order valence-electron chi connectivity index (χ3n) is 5.85. The zero-order valence-corrected chi connectivity index (χ0v) is 22.8. The van der Waals surface area contributed by atoms with Crippen molar-refractivity contribution in [1.82, 2.24) is 20.1 Å². The van der Waals surface area contributed by atoms with Gasteiger partial charge in [0, 0.05) is 57.1 Å². The molecule has 1 amide bonds. The van der Waals surface area contributed by atoms with Crippen LogP contribution in [0.15, 0.2) is 29.5 Å². The van der Waals surface area contributed by atoms with Gasteiger partial charge in [-0.05, 0) is 58.6 Å². The van der Waals surface area contributed by atoms with Crippen LogP contribution in [0.1, 0.15) is 52.5 Å². The molecule has 1 aromatic rings. The predicted octanol–water partition coefficient (Wildman–Crippen LogP) is 3.90. The van der Waals surface area contributed by atoms with Gasteiger partial charge in [-0.1, -0.05) is 6.07 Å². The molecule has 1 unspecified atom stereocenters. The summed E-state index contributed by atoms with van der Waals surface area (Å²) in [5.74, 6) is 0.965. The molecular formula is C24H40IN5O3. The molecule has 33 heavy (non-hydrogen) atoms. The lowest BCUT2D eigenvalue weighted by Gasteiger charge is -2.27. The summed E-state index contributed by atoms with van der Waals surface area (Å²) in [4.78, 5) is 25.9. The maximum absolute atomic E-state index is 12.8. The number of halogens is 1. The van der Waals surface area contributed by atoms with Gasteiger partial charge in [0.2, 0.25) is 0 Å². The number of amides is 1. The van der Waals surface area contributed by atoms with Crippen LogP contribution in [0.5, 0.6) is 0 Å². The molecule has 0 aromatic carbocycles. The van der Waals surface area contributed by atoms with E-state index >= 15 is 0 Å². The summed E-state index contributed by atoms with van der Waals surface area (Å²) >= 11 is 0. The summed E-state index contributed by atoms with van der Waals surface area (Å²) in [5, 5.41) is 3.43. The molecule has 0 bridgehead atoms. The Labute approximate surface area is 215 Å². The van der Waals surface area contributed by atoms with Gasteiger partial charge in [-0.25, -0.2) is 4.79 Å². The van der Waals surface area contributed by atoms with E-state index in [-0.39, 0.29) is 30.1 Å². The third kappa shape index (κ3) is 8.59. The molecule has 2 aliphatic rings. The maximum Gasteiger partial charge on any atom is 0.410 e. The molecule has 8 nitrogen and oxygen atoms in total. The van der Waals surface area contributed by atoms with Crippen LogP contribution in [0, 0.1) is 5.41 Å². The molecule has 0 radical (unpaired) electrons. The highest BCUT2D eigenvalue weighted by Gasteiger charge is 2.42. The molecule has 9 heteroatoms. The Hall–Kier alpha value is -1.62. The van der Waals surface area contributed by atoms with Crippen LogP contribution in [0.25, 0.3) is 0 Å². The highest BCUT2D eigenvalue weighted by Crippen LogP contribution is 2.38. The van der Waals surface area contributed by atoms with Crippen LogP contribution in [-0.4, -0.2) is 78.4 Å². The number of carbonyl (C=O) groups excluding carboxylic acids is 1. The van der Waals surface area contributed by atoms with Gasteiger partial charge in [0.25, 0.3) is 0 Å². The minimum Gasteiger partial charge on any atom is -0.444 e. The fourth-order valence-electron chi connectivity index (χ4n) is 4.23. The van der Waals surface area contributed by atoms with Crippen molar-refractivity contribution in [3.8, 4) is 0 Å². The molecule has 1 spiro atoms. The van der Waals surface area contributed by atoms with Crippen LogP contribution < -0.4 is 5.32 Å². The Morgan fingerprint density at radius 1 is 1.39 bits per heavy atom. The van der Waals surface area contributed by atoms with Gasteiger partial charge >= 0.3 is 6.09 Å². The van der Waals surface area contributed by atoms with E-state index in [0.29, 0.717) is 25.0 Å². The highest BCUT2D eigenvalue weighted by molar-refractivity contribution is 14.0. The van der Waals surface area contributed by atoms with Crippen molar-refractivity contribution in [2.75, 3.05) is 45.9 Å². The second kappa shape index (κ2) is 12.7. The van der Waals surface area contributed by atoms with E-state index < -0.39 is 5.60 Å². The van der Waals surface area contributed by atoms with Gasteiger partial charge < -0.3 is 24.6 Å². The van der Waals surface area contributed by atoms with Crippen molar-refractivity contribution in [3.63, 3.8) is 0 Å². The topological polar surface area (TPSA) is 79.3 Å². The molecule has 1 N–H and O–H groups in total. The van der Waals surface area contributed by atoms with E-state index in [1.807, 2.05) is 32.9 Å². The summed E-state index contributed by atoms with van der Waals surface area (Å²) in [6, 6.07) is 3.86. The molecule has 1 aromatic heterocycles. The third-order valence-corrected chi connectivity index (χ3v) is 5.85. The minimum absolute atomic E-state index is 0. The first-order chi connectivity index (χ1) is 15.3. The van der Waals surface area contributed by atoms with Crippen LogP contribution in [0.2, 0.25) is 0 Å². The number of hydrogen-bond acceptors (Lipinski definition) is 5. The second-order valence-electron chi connectivity index (χ2n) is 9.83. The van der Waals surface area contributed by atoms with Crippen LogP contribution in [0.4, 0.5) is 4.79 Å². The number of guanidine groups is 1. The molecule has 0 aliphatic carbocycles. The zero-order chi connectivity index (χ0) is 23.0. The molecule has 1 atom stereocenters. The normalized spacial score (nSPS) is 20.6. The second-order valence-corrected chi connectivity index (χ2v) is 9.83. The lowest BCUT2D eigenvalue weighted by atomic mass is 9.87. The molecule has 2 aliphatic heterocycles. The SMILES string of the molecule is CCNC(=NCCCN(Cc1cccnc1)C(=O)OC(C)(C)C)N1CCC2(CCOC2)C1.I. The van der Waals surface area contributed by atoms with E-state index in [9.17, 15) is 4.79 Å². The summed E-state index contributed by atoms with van der Waals surface area (Å²) in [5.41, 5.74) is 0.750. The first-order valence-corrected chi connectivity index (χ1v) is 11.8. The standard InChI is InChI=1S/C24H39N5O3.HI/c1-5-26-21(29-14-9-24(18-29)10-15-31-19-24)27-12-7-13-28(22(30)32-23(2,3)4)17-20-8-6-11-25-16-20;/h6,8,11,16H,5,7,9-10,12-15,17-19H2,1-4H3,(H,26,27);1H. The van der Waals surface area contributed by atoms with Gasteiger partial charge in [-0.3, -0.25) is 9.98 Å². The monoisotopic (exact) mass is 573 g/mol. The van der Waals surface area contributed by atoms with Crippen molar-refractivity contribution in [2.24, 2.45) is 10.4 Å². The van der Waals surface area contributed by atoms with E-state index in [2.05, 4.69) is 22.1 Å². The number of pyridine rings is 1. The number of carbonyl (C=O) groups is 1. The van der Waals surface area contributed by atoms with Gasteiger partial charge in [-0.2, -0.15) is 0 Å². The fourth-order valence-corrected chi connectivity index (χ4v) is 4.23. The number of likely N-dealkylation sites (tertiary alicyclic amines) is 1. The van der Waals surface area contributed by atoms with Crippen molar-refractivity contribution in [2.45, 2.75) is 59.1 Å². The van der Waals surface area contributed by atoms with Crippen molar-refractivity contribution >= 4 is 36.0 Å². The van der Waals surface area contributed by atoms with Crippen molar-refractivity contribution in [3.05, 3.63) is 30.1 Å². The first-order valence-electron chi connectivity index (χ1n) is 11.8. The number of rotatable bonds is 7. The lowest BCUT2D eigenvalue weighted by Crippen LogP contribution is -2.41. The van der Waals surface area contributed by atoms with E-state index in [1.165, 1.54) is 0 Å². The predicted molar refractivity (Wildman–Crippen MR) is 141 cm³/mol. The van der Waals surface area contributed by atoms with Gasteiger partial charge in [0.1, 0.15) is 5.60 Å². The van der Waals surface area contributed by atoms with Crippen LogP contribution in [0.3, 0.4) is 0 Å². The average Bonchev–Trinajstić information content (AvgIpc) is 3.38. The van der Waals surface area contributed by atoms with Crippen molar-refractivity contribution < 1.29 is 14.3 Å². The van der Waals surface area contributed by atoms with Gasteiger partial charge in [-0.15, -0.1) is 24.0 Å². The number of nitrogens with zero attached hydrogens (tertiary/aromatic N) is 4. The highest BCUT2D eigenvalue weighted by atomic mass is 127. The molecule has 2 saturated heterocycles. The smallest absolute Gasteiger partial charge is 0.410 e. The van der Waals surface area contributed by atoms with Crippen molar-refractivity contribution in [1.29, 1.82) is 0 Å². The Balaban J connectivity index is 0.00000385. The molecule has 186 valence electrons. The number of ether oxygens (including phenoxy) is 2. The first kappa shape index (κ1) is 27.6. The average molecular weight is 574 g/mol. The van der Waals surface area contributed by atoms with E-state index in [1.54, 1.807) is 17.3 Å². The van der Waals surface area contributed by atoms with E-state index in [4.69, 9.17) is 14.5 Å². The number of aromatic nitrogens is 1. The Bertz CT molecular complexity index is 763. The summed E-state index contributed by atoms with van der Waals surface area (Å²) in [6.45, 7) is 14.0. The van der Waals surface area contributed by atoms with E-state index in [0.717, 1.165) is 63.6 Å². The van der Waals surface area contributed by atoms with Gasteiger partial charge in [0.05, 0.1) is 13.2 Å². The lowest BCUT2D eigenvalue weighted by molar-refractivity contribution is 0.0232. The number of aliphatic imine (C=N–C) groups is 1. The van der Waals surface area contributed by atoms with Crippen LogP contribution >= 0.6 is 24.0 Å². The molecule has 3 rings (SSSR count). The summed E-state index contributed by atoms with van der Waals surface area (Å²) in [7, 11) is 0. The number of hydrogen-bond donors (Lipinski definition) is 1. The summed E-state index contributed by atoms with van der Waals surface area (Å²) in [6.07, 6.45) is 6.28. The van der Waals surface area contributed by atoms with Crippen LogP contribution in [-0.2, 0) is 16.0 Å². The molecule has 0 saturated carbocycles. The molecule has 3 heterocycles. The number of nitrogens with one attached hydrogen (secondary N) is 1. The molecule has 2 fully saturated rings. The fraction of sp³-hybridized carbons (Fsp3) is 0.708.